The lowest BCUT2D eigenvalue weighted by Crippen LogP contribution is -2.45. The number of carbonyl (C=O) groups is 2. The third-order valence-electron chi connectivity index (χ3n) is 7.53. The van der Waals surface area contributed by atoms with Crippen molar-refractivity contribution >= 4 is 34.5 Å². The number of piperazine rings is 1. The summed E-state index contributed by atoms with van der Waals surface area (Å²) < 4.78 is 13.9. The van der Waals surface area contributed by atoms with Gasteiger partial charge in [-0.25, -0.2) is 4.79 Å². The number of aromatic nitrogens is 1. The molecule has 0 spiro atoms. The third-order valence-corrected chi connectivity index (χ3v) is 7.53. The normalized spacial score (nSPS) is 17.1. The molecule has 38 heavy (non-hydrogen) atoms. The number of rotatable bonds is 6. The monoisotopic (exact) mass is 517 g/mol. The second-order valence-electron chi connectivity index (χ2n) is 9.99. The molecule has 200 valence electrons. The van der Waals surface area contributed by atoms with Gasteiger partial charge in [0.05, 0.1) is 12.7 Å². The average Bonchev–Trinajstić information content (AvgIpc) is 3.37. The van der Waals surface area contributed by atoms with E-state index in [0.29, 0.717) is 17.0 Å². The van der Waals surface area contributed by atoms with Gasteiger partial charge in [0.2, 0.25) is 5.78 Å². The molecule has 2 aliphatic rings. The topological polar surface area (TPSA) is 88.1 Å². The maximum absolute atomic E-state index is 13.4. The third kappa shape index (κ3) is 4.87. The summed E-state index contributed by atoms with van der Waals surface area (Å²) in [5.74, 6) is 1.35. The number of benzene rings is 2. The Bertz CT molecular complexity index is 1430. The van der Waals surface area contributed by atoms with E-state index >= 15 is 0 Å². The van der Waals surface area contributed by atoms with Crippen LogP contribution in [0, 0.1) is 13.8 Å². The highest BCUT2D eigenvalue weighted by atomic mass is 16.5. The van der Waals surface area contributed by atoms with Crippen LogP contribution in [0.4, 0.5) is 10.5 Å². The second-order valence-corrected chi connectivity index (χ2v) is 9.99. The highest BCUT2D eigenvalue weighted by Gasteiger charge is 2.30. The summed E-state index contributed by atoms with van der Waals surface area (Å²) in [5, 5.41) is 6.28. The molecular weight excluding hydrogens is 482 g/mol. The van der Waals surface area contributed by atoms with Crippen LogP contribution in [0.25, 0.3) is 17.0 Å². The fourth-order valence-corrected chi connectivity index (χ4v) is 5.26. The molecular formula is C29H35N5O4. The number of aryl methyl sites for hydroxylation is 1. The van der Waals surface area contributed by atoms with Crippen molar-refractivity contribution in [3.8, 4) is 11.5 Å². The number of nitrogens with zero attached hydrogens (tertiary/aromatic N) is 3. The number of likely N-dealkylation sites (N-methyl/N-ethyl adjacent to an activating group) is 1. The molecule has 9 heteroatoms. The molecule has 2 aliphatic heterocycles. The molecule has 1 saturated heterocycles. The van der Waals surface area contributed by atoms with Crippen molar-refractivity contribution < 1.29 is 19.1 Å². The molecule has 0 unspecified atom stereocenters. The smallest absolute Gasteiger partial charge is 0.318 e. The molecule has 0 aliphatic carbocycles. The minimum absolute atomic E-state index is 0.204. The maximum Gasteiger partial charge on any atom is 0.318 e. The number of hydrogen-bond acceptors (Lipinski definition) is 6. The molecule has 2 aromatic carbocycles. The Morgan fingerprint density at radius 1 is 1.11 bits per heavy atom. The first-order valence-corrected chi connectivity index (χ1v) is 12.9. The molecule has 0 radical (unpaired) electrons. The van der Waals surface area contributed by atoms with Gasteiger partial charge in [-0.1, -0.05) is 0 Å². The molecule has 3 aromatic rings. The Morgan fingerprint density at radius 2 is 1.87 bits per heavy atom. The maximum atomic E-state index is 13.4. The quantitative estimate of drug-likeness (QED) is 0.483. The molecule has 2 N–H and O–H groups in total. The van der Waals surface area contributed by atoms with Crippen LogP contribution in [0.15, 0.2) is 36.1 Å². The lowest BCUT2D eigenvalue weighted by atomic mass is 10.0. The summed E-state index contributed by atoms with van der Waals surface area (Å²) in [6.45, 7) is 10.1. The Kier molecular flexibility index (Phi) is 7.14. The lowest BCUT2D eigenvalue weighted by molar-refractivity contribution is 0.101. The van der Waals surface area contributed by atoms with Gasteiger partial charge >= 0.3 is 6.03 Å². The van der Waals surface area contributed by atoms with Crippen molar-refractivity contribution in [3.05, 3.63) is 58.5 Å². The summed E-state index contributed by atoms with van der Waals surface area (Å²) >= 11 is 0. The molecule has 0 saturated carbocycles. The van der Waals surface area contributed by atoms with Crippen LogP contribution in [0.2, 0.25) is 0 Å². The van der Waals surface area contributed by atoms with E-state index in [0.717, 1.165) is 72.7 Å². The molecule has 1 fully saturated rings. The fraction of sp³-hybridized carbons (Fsp3) is 0.379. The number of hydrogen-bond donors (Lipinski definition) is 2. The van der Waals surface area contributed by atoms with Gasteiger partial charge in [-0.2, -0.15) is 0 Å². The van der Waals surface area contributed by atoms with Crippen LogP contribution in [-0.4, -0.2) is 80.1 Å². The minimum Gasteiger partial charge on any atom is -0.497 e. The zero-order valence-electron chi connectivity index (χ0n) is 22.7. The second kappa shape index (κ2) is 10.5. The number of allylic oxidation sites excluding steroid dienone is 1. The summed E-state index contributed by atoms with van der Waals surface area (Å²) in [6, 6.07) is 9.19. The van der Waals surface area contributed by atoms with Crippen LogP contribution in [-0.2, 0) is 6.54 Å². The van der Waals surface area contributed by atoms with Crippen molar-refractivity contribution in [1.29, 1.82) is 0 Å². The highest BCUT2D eigenvalue weighted by molar-refractivity contribution is 6.16. The van der Waals surface area contributed by atoms with Crippen LogP contribution >= 0.6 is 0 Å². The number of ketones is 1. The standard InChI is InChI=1S/C29H35N5O4/c1-18-14-20(31-29(36)30-3)15-24-27(35)26(38-28(18)24)17-22-19(2)34(13-12-33-10-8-32(4)9-11-33)25-7-6-21(37-5)16-23(22)25/h6-7,14-17H,8-13H2,1-5H3,(H2,30,31,36). The molecule has 0 bridgehead atoms. The highest BCUT2D eigenvalue weighted by Crippen LogP contribution is 2.39. The SMILES string of the molecule is CNC(=O)Nc1cc(C)c2c(c1)C(=O)C(=Cc1c(C)n(CCN3CCN(C)CC3)c3ccc(OC)cc13)O2. The molecule has 3 heterocycles. The minimum atomic E-state index is -0.347. The van der Waals surface area contributed by atoms with Crippen LogP contribution in [0.1, 0.15) is 27.2 Å². The van der Waals surface area contributed by atoms with Gasteiger partial charge < -0.3 is 29.6 Å². The van der Waals surface area contributed by atoms with E-state index in [-0.39, 0.29) is 17.6 Å². The van der Waals surface area contributed by atoms with E-state index in [2.05, 4.69) is 45.0 Å². The van der Waals surface area contributed by atoms with Gasteiger partial charge in [-0.05, 0) is 62.9 Å². The number of nitrogens with one attached hydrogen (secondary N) is 2. The summed E-state index contributed by atoms with van der Waals surface area (Å²) in [6.07, 6.45) is 1.84. The van der Waals surface area contributed by atoms with Gasteiger partial charge in [0, 0.05) is 74.2 Å². The lowest BCUT2D eigenvalue weighted by Gasteiger charge is -2.32. The van der Waals surface area contributed by atoms with E-state index in [9.17, 15) is 9.59 Å². The Hall–Kier alpha value is -3.82. The Morgan fingerprint density at radius 3 is 2.58 bits per heavy atom. The van der Waals surface area contributed by atoms with Gasteiger partial charge in [0.1, 0.15) is 11.5 Å². The van der Waals surface area contributed by atoms with E-state index in [1.165, 1.54) is 0 Å². The number of amides is 2. The van der Waals surface area contributed by atoms with Crippen LogP contribution < -0.4 is 20.1 Å². The molecule has 0 atom stereocenters. The molecule has 9 nitrogen and oxygen atoms in total. The first-order chi connectivity index (χ1) is 18.3. The van der Waals surface area contributed by atoms with Gasteiger partial charge in [0.25, 0.3) is 0 Å². The van der Waals surface area contributed by atoms with Crippen molar-refractivity contribution in [2.75, 3.05) is 59.2 Å². The predicted molar refractivity (Wildman–Crippen MR) is 149 cm³/mol. The zero-order valence-corrected chi connectivity index (χ0v) is 22.7. The van der Waals surface area contributed by atoms with Crippen LogP contribution in [0.3, 0.4) is 0 Å². The Balaban J connectivity index is 1.49. The van der Waals surface area contributed by atoms with Crippen molar-refractivity contribution in [2.45, 2.75) is 20.4 Å². The number of Topliss-reactive ketones (excluding diaryl/α,β-unsaturated/α-hetero) is 1. The van der Waals surface area contributed by atoms with Gasteiger partial charge in [-0.15, -0.1) is 0 Å². The molecule has 1 aromatic heterocycles. The van der Waals surface area contributed by atoms with Crippen molar-refractivity contribution in [2.24, 2.45) is 0 Å². The van der Waals surface area contributed by atoms with E-state index in [4.69, 9.17) is 9.47 Å². The predicted octanol–water partition coefficient (Wildman–Crippen LogP) is 3.88. The van der Waals surface area contributed by atoms with Crippen LogP contribution in [0.5, 0.6) is 11.5 Å². The number of urea groups is 1. The number of carbonyl (C=O) groups excluding carboxylic acids is 2. The van der Waals surface area contributed by atoms with Gasteiger partial charge in [-0.3, -0.25) is 9.69 Å². The van der Waals surface area contributed by atoms with E-state index in [1.807, 2.05) is 25.1 Å². The summed E-state index contributed by atoms with van der Waals surface area (Å²) in [5.41, 5.74) is 4.87. The zero-order chi connectivity index (χ0) is 27.0. The Labute approximate surface area is 223 Å². The summed E-state index contributed by atoms with van der Waals surface area (Å²) in [7, 11) is 5.37. The number of methoxy groups -OCH3 is 1. The fourth-order valence-electron chi connectivity index (χ4n) is 5.26. The number of fused-ring (bicyclic) bond motifs is 2. The number of ether oxygens (including phenoxy) is 2. The van der Waals surface area contributed by atoms with Crippen molar-refractivity contribution in [1.82, 2.24) is 19.7 Å². The van der Waals surface area contributed by atoms with E-state index in [1.54, 1.807) is 26.3 Å². The van der Waals surface area contributed by atoms with Crippen molar-refractivity contribution in [3.63, 3.8) is 0 Å². The average molecular weight is 518 g/mol. The van der Waals surface area contributed by atoms with E-state index < -0.39 is 0 Å². The number of anilines is 1. The summed E-state index contributed by atoms with van der Waals surface area (Å²) in [4.78, 5) is 30.1. The van der Waals surface area contributed by atoms with Gasteiger partial charge in [0.15, 0.2) is 5.76 Å². The first-order valence-electron chi connectivity index (χ1n) is 12.9. The largest absolute Gasteiger partial charge is 0.497 e. The molecule has 2 amide bonds. The molecule has 5 rings (SSSR count). The first kappa shape index (κ1) is 25.8.